The average molecular weight is 275 g/mol. The van der Waals surface area contributed by atoms with Crippen molar-refractivity contribution in [1.29, 1.82) is 0 Å². The summed E-state index contributed by atoms with van der Waals surface area (Å²) in [5.74, 6) is -1.41. The van der Waals surface area contributed by atoms with Crippen molar-refractivity contribution in [2.24, 2.45) is 0 Å². The van der Waals surface area contributed by atoms with Crippen LogP contribution in [-0.4, -0.2) is 62.8 Å². The molecule has 110 valence electrons. The minimum Gasteiger partial charge on any atom is -0.462 e. The zero-order valence-corrected chi connectivity index (χ0v) is 11.8. The van der Waals surface area contributed by atoms with Crippen molar-refractivity contribution in [2.45, 2.75) is 26.4 Å². The lowest BCUT2D eigenvalue weighted by atomic mass is 10.4. The van der Waals surface area contributed by atoms with Gasteiger partial charge >= 0.3 is 17.9 Å². The largest absolute Gasteiger partial charge is 0.462 e. The molecule has 0 aliphatic carbocycles. The van der Waals surface area contributed by atoms with Crippen LogP contribution in [0.3, 0.4) is 0 Å². The van der Waals surface area contributed by atoms with Crippen molar-refractivity contribution in [3.63, 3.8) is 0 Å². The molecule has 0 aliphatic rings. The van der Waals surface area contributed by atoms with Crippen LogP contribution in [0.2, 0.25) is 0 Å². The normalized spacial score (nSPS) is 11.8. The van der Waals surface area contributed by atoms with Crippen LogP contribution in [-0.2, 0) is 28.6 Å². The Morgan fingerprint density at radius 1 is 1.00 bits per heavy atom. The quantitative estimate of drug-likeness (QED) is 0.454. The van der Waals surface area contributed by atoms with Crippen molar-refractivity contribution < 1.29 is 28.6 Å². The second-order valence-corrected chi connectivity index (χ2v) is 4.27. The van der Waals surface area contributed by atoms with E-state index in [0.717, 1.165) is 0 Å². The Hall–Kier alpha value is -1.63. The van der Waals surface area contributed by atoms with Gasteiger partial charge in [-0.25, -0.2) is 0 Å². The standard InChI is InChI=1S/C12H21NO6/c1-9(14)17-7-11(19-10(2)15)8-18-12(16)5-6-13(3)4/h11H,5-8H2,1-4H3/t11-/m1/s1. The maximum absolute atomic E-state index is 11.4. The predicted octanol–water partition coefficient (Wildman–Crippen LogP) is -0.0239. The first-order chi connectivity index (χ1) is 8.81. The van der Waals surface area contributed by atoms with Crippen LogP contribution in [0.25, 0.3) is 0 Å². The highest BCUT2D eigenvalue weighted by Crippen LogP contribution is 1.99. The van der Waals surface area contributed by atoms with Gasteiger partial charge in [0.2, 0.25) is 0 Å². The van der Waals surface area contributed by atoms with Gasteiger partial charge in [0.05, 0.1) is 6.42 Å². The first-order valence-electron chi connectivity index (χ1n) is 5.92. The molecule has 0 rings (SSSR count). The van der Waals surface area contributed by atoms with Crippen LogP contribution in [0.4, 0.5) is 0 Å². The number of esters is 3. The maximum Gasteiger partial charge on any atom is 0.307 e. The predicted molar refractivity (Wildman–Crippen MR) is 66.3 cm³/mol. The highest BCUT2D eigenvalue weighted by Gasteiger charge is 2.16. The molecule has 0 aliphatic heterocycles. The first-order valence-corrected chi connectivity index (χ1v) is 5.92. The molecule has 19 heavy (non-hydrogen) atoms. The van der Waals surface area contributed by atoms with Crippen molar-refractivity contribution >= 4 is 17.9 Å². The summed E-state index contributed by atoms with van der Waals surface area (Å²) in [7, 11) is 3.69. The maximum atomic E-state index is 11.4. The Labute approximate surface area is 112 Å². The van der Waals surface area contributed by atoms with Crippen molar-refractivity contribution in [3.8, 4) is 0 Å². The summed E-state index contributed by atoms with van der Waals surface area (Å²) in [5.41, 5.74) is 0. The molecule has 0 N–H and O–H groups in total. The van der Waals surface area contributed by atoms with Crippen molar-refractivity contribution in [2.75, 3.05) is 33.9 Å². The molecule has 0 saturated carbocycles. The van der Waals surface area contributed by atoms with Crippen LogP contribution in [0, 0.1) is 0 Å². The van der Waals surface area contributed by atoms with Gasteiger partial charge in [-0.15, -0.1) is 0 Å². The Morgan fingerprint density at radius 2 is 1.58 bits per heavy atom. The number of hydrogen-bond donors (Lipinski definition) is 0. The topological polar surface area (TPSA) is 82.1 Å². The molecule has 0 aromatic heterocycles. The number of carbonyl (C=O) groups is 3. The first kappa shape index (κ1) is 17.4. The summed E-state index contributed by atoms with van der Waals surface area (Å²) in [5, 5.41) is 0. The molecule has 7 heteroatoms. The third kappa shape index (κ3) is 11.2. The zero-order valence-electron chi connectivity index (χ0n) is 11.8. The Balaban J connectivity index is 4.06. The van der Waals surface area contributed by atoms with Gasteiger partial charge in [0.1, 0.15) is 13.2 Å². The minimum absolute atomic E-state index is 0.126. The lowest BCUT2D eigenvalue weighted by Gasteiger charge is -2.17. The molecule has 0 saturated heterocycles. The molecule has 0 amide bonds. The monoisotopic (exact) mass is 275 g/mol. The lowest BCUT2D eigenvalue weighted by molar-refractivity contribution is -0.164. The molecule has 0 fully saturated rings. The number of carbonyl (C=O) groups excluding carboxylic acids is 3. The molecule has 0 bridgehead atoms. The van der Waals surface area contributed by atoms with Gasteiger partial charge in [0.15, 0.2) is 6.10 Å². The van der Waals surface area contributed by atoms with Gasteiger partial charge in [-0.05, 0) is 14.1 Å². The highest BCUT2D eigenvalue weighted by molar-refractivity contribution is 5.70. The molecule has 0 aromatic rings. The Bertz CT molecular complexity index is 315. The SMILES string of the molecule is CC(=O)OC[C@H](COC(=O)CCN(C)C)OC(C)=O. The fourth-order valence-corrected chi connectivity index (χ4v) is 1.13. The Kier molecular flexibility index (Phi) is 8.52. The van der Waals surface area contributed by atoms with Gasteiger partial charge in [-0.2, -0.15) is 0 Å². The summed E-state index contributed by atoms with van der Waals surface area (Å²) in [4.78, 5) is 34.8. The van der Waals surface area contributed by atoms with Crippen molar-refractivity contribution in [1.82, 2.24) is 4.90 Å². The molecule has 0 heterocycles. The van der Waals surface area contributed by atoms with Gasteiger partial charge in [-0.1, -0.05) is 0 Å². The molecular weight excluding hydrogens is 254 g/mol. The van der Waals surface area contributed by atoms with Gasteiger partial charge in [0.25, 0.3) is 0 Å². The van der Waals surface area contributed by atoms with E-state index in [2.05, 4.69) is 0 Å². The fraction of sp³-hybridized carbons (Fsp3) is 0.750. The lowest BCUT2D eigenvalue weighted by Crippen LogP contribution is -2.30. The zero-order chi connectivity index (χ0) is 14.8. The smallest absolute Gasteiger partial charge is 0.307 e. The van der Waals surface area contributed by atoms with Crippen LogP contribution >= 0.6 is 0 Å². The number of rotatable bonds is 8. The van der Waals surface area contributed by atoms with Crippen LogP contribution < -0.4 is 0 Å². The molecular formula is C12H21NO6. The van der Waals surface area contributed by atoms with Gasteiger partial charge in [0, 0.05) is 20.4 Å². The summed E-state index contributed by atoms with van der Waals surface area (Å²) >= 11 is 0. The Morgan fingerprint density at radius 3 is 2.05 bits per heavy atom. The van der Waals surface area contributed by atoms with E-state index in [4.69, 9.17) is 14.2 Å². The highest BCUT2D eigenvalue weighted by atomic mass is 16.6. The molecule has 0 radical (unpaired) electrons. The van der Waals surface area contributed by atoms with E-state index in [9.17, 15) is 14.4 Å². The number of hydrogen-bond acceptors (Lipinski definition) is 7. The van der Waals surface area contributed by atoms with E-state index in [0.29, 0.717) is 6.54 Å². The van der Waals surface area contributed by atoms with E-state index < -0.39 is 24.0 Å². The molecule has 0 aromatic carbocycles. The summed E-state index contributed by atoms with van der Waals surface area (Å²) in [6.07, 6.45) is -0.530. The molecule has 0 spiro atoms. The third-order valence-electron chi connectivity index (χ3n) is 2.00. The van der Waals surface area contributed by atoms with E-state index >= 15 is 0 Å². The second kappa shape index (κ2) is 9.32. The van der Waals surface area contributed by atoms with Crippen LogP contribution in [0.1, 0.15) is 20.3 Å². The molecule has 0 unspecified atom stereocenters. The number of nitrogens with zero attached hydrogens (tertiary/aromatic N) is 1. The van der Waals surface area contributed by atoms with Crippen LogP contribution in [0.15, 0.2) is 0 Å². The summed E-state index contributed by atoms with van der Waals surface area (Å²) in [6.45, 7) is 2.79. The number of ether oxygens (including phenoxy) is 3. The molecule has 1 atom stereocenters. The second-order valence-electron chi connectivity index (χ2n) is 4.27. The van der Waals surface area contributed by atoms with E-state index in [1.54, 1.807) is 0 Å². The fourth-order valence-electron chi connectivity index (χ4n) is 1.13. The van der Waals surface area contributed by atoms with Crippen LogP contribution in [0.5, 0.6) is 0 Å². The summed E-state index contributed by atoms with van der Waals surface area (Å²) < 4.78 is 14.5. The average Bonchev–Trinajstić information content (AvgIpc) is 2.29. The van der Waals surface area contributed by atoms with E-state index in [1.165, 1.54) is 13.8 Å². The minimum atomic E-state index is -0.773. The van der Waals surface area contributed by atoms with E-state index in [-0.39, 0.29) is 19.6 Å². The van der Waals surface area contributed by atoms with E-state index in [1.807, 2.05) is 19.0 Å². The van der Waals surface area contributed by atoms with Gasteiger partial charge in [-0.3, -0.25) is 14.4 Å². The van der Waals surface area contributed by atoms with Gasteiger partial charge < -0.3 is 19.1 Å². The summed E-state index contributed by atoms with van der Waals surface area (Å²) in [6, 6.07) is 0. The third-order valence-corrected chi connectivity index (χ3v) is 2.00. The van der Waals surface area contributed by atoms with Crippen molar-refractivity contribution in [3.05, 3.63) is 0 Å². The molecule has 7 nitrogen and oxygen atoms in total.